The lowest BCUT2D eigenvalue weighted by Crippen LogP contribution is -2.21. The highest BCUT2D eigenvalue weighted by Gasteiger charge is 2.10. The molecule has 1 aromatic carbocycles. The fraction of sp³-hybridized carbons (Fsp3) is 0.500. The van der Waals surface area contributed by atoms with Crippen molar-refractivity contribution in [1.82, 2.24) is 5.32 Å². The molecule has 2 nitrogen and oxygen atoms in total. The van der Waals surface area contributed by atoms with Crippen LogP contribution in [0, 0.1) is 0 Å². The van der Waals surface area contributed by atoms with Crippen LogP contribution in [0.25, 0.3) is 0 Å². The van der Waals surface area contributed by atoms with Gasteiger partial charge in [0.15, 0.2) is 0 Å². The van der Waals surface area contributed by atoms with E-state index in [2.05, 4.69) is 44.8 Å². The van der Waals surface area contributed by atoms with E-state index in [0.717, 1.165) is 37.3 Å². The Hall–Kier alpha value is -1.28. The molecule has 0 aliphatic rings. The first-order valence-electron chi connectivity index (χ1n) is 6.80. The van der Waals surface area contributed by atoms with Gasteiger partial charge in [0.1, 0.15) is 5.75 Å². The van der Waals surface area contributed by atoms with Crippen LogP contribution in [0.1, 0.15) is 45.2 Å². The summed E-state index contributed by atoms with van der Waals surface area (Å²) in [6.07, 6.45) is 2.27. The van der Waals surface area contributed by atoms with Crippen LogP contribution in [0.4, 0.5) is 0 Å². The number of likely N-dealkylation sites (N-methyl/N-ethyl adjacent to an activating group) is 1. The van der Waals surface area contributed by atoms with Crippen LogP contribution in [0.15, 0.2) is 36.4 Å². The van der Waals surface area contributed by atoms with Crippen molar-refractivity contribution in [1.29, 1.82) is 0 Å². The van der Waals surface area contributed by atoms with E-state index in [-0.39, 0.29) is 6.04 Å². The van der Waals surface area contributed by atoms with E-state index in [1.165, 1.54) is 5.56 Å². The maximum Gasteiger partial charge on any atom is 0.119 e. The molecule has 2 heteroatoms. The standard InChI is InChI=1S/C16H25NO/c1-5-7-12-18-15-10-8-14(9-11-15)16(13(3)4)17-6-2/h8-11,16-17H,3,5-7,12H2,1-2,4H3. The van der Waals surface area contributed by atoms with Gasteiger partial charge < -0.3 is 10.1 Å². The van der Waals surface area contributed by atoms with E-state index in [1.807, 2.05) is 12.1 Å². The largest absolute Gasteiger partial charge is 0.494 e. The van der Waals surface area contributed by atoms with Gasteiger partial charge in [0.25, 0.3) is 0 Å². The Morgan fingerprint density at radius 1 is 1.28 bits per heavy atom. The molecule has 0 radical (unpaired) electrons. The average Bonchev–Trinajstić information content (AvgIpc) is 2.37. The summed E-state index contributed by atoms with van der Waals surface area (Å²) in [7, 11) is 0. The van der Waals surface area contributed by atoms with Crippen LogP contribution in [0.3, 0.4) is 0 Å². The molecule has 1 aromatic rings. The number of rotatable bonds is 8. The van der Waals surface area contributed by atoms with Crippen LogP contribution < -0.4 is 10.1 Å². The molecule has 1 atom stereocenters. The summed E-state index contributed by atoms with van der Waals surface area (Å²) in [5.41, 5.74) is 2.38. The van der Waals surface area contributed by atoms with Crippen molar-refractivity contribution in [2.75, 3.05) is 13.2 Å². The minimum atomic E-state index is 0.236. The molecule has 0 fully saturated rings. The second-order valence-corrected chi connectivity index (χ2v) is 4.61. The maximum atomic E-state index is 5.66. The summed E-state index contributed by atoms with van der Waals surface area (Å²) in [5.74, 6) is 0.948. The van der Waals surface area contributed by atoms with Crippen LogP contribution in [0.2, 0.25) is 0 Å². The Balaban J connectivity index is 2.65. The van der Waals surface area contributed by atoms with Gasteiger partial charge in [-0.15, -0.1) is 0 Å². The van der Waals surface area contributed by atoms with Crippen LogP contribution in [-0.2, 0) is 0 Å². The molecule has 0 bridgehead atoms. The predicted octanol–water partition coefficient (Wildman–Crippen LogP) is 4.09. The van der Waals surface area contributed by atoms with Crippen LogP contribution in [-0.4, -0.2) is 13.2 Å². The highest BCUT2D eigenvalue weighted by molar-refractivity contribution is 5.32. The maximum absolute atomic E-state index is 5.66. The molecule has 1 N–H and O–H groups in total. The Bertz CT molecular complexity index is 356. The SMILES string of the molecule is C=C(C)C(NCC)c1ccc(OCCCC)cc1. The van der Waals surface area contributed by atoms with Crippen molar-refractivity contribution >= 4 is 0 Å². The molecule has 0 saturated carbocycles. The molecule has 0 spiro atoms. The molecule has 0 amide bonds. The number of hydrogen-bond donors (Lipinski definition) is 1. The quantitative estimate of drug-likeness (QED) is 0.552. The lowest BCUT2D eigenvalue weighted by Gasteiger charge is -2.18. The van der Waals surface area contributed by atoms with Crippen molar-refractivity contribution < 1.29 is 4.74 Å². The van der Waals surface area contributed by atoms with Crippen LogP contribution in [0.5, 0.6) is 5.75 Å². The number of unbranched alkanes of at least 4 members (excludes halogenated alkanes) is 1. The Morgan fingerprint density at radius 2 is 1.94 bits per heavy atom. The fourth-order valence-electron chi connectivity index (χ4n) is 1.87. The normalized spacial score (nSPS) is 12.2. The van der Waals surface area contributed by atoms with Crippen molar-refractivity contribution in [3.8, 4) is 5.75 Å². The Labute approximate surface area is 111 Å². The summed E-state index contributed by atoms with van der Waals surface area (Å²) in [6.45, 7) is 12.1. The summed E-state index contributed by atoms with van der Waals surface area (Å²) < 4.78 is 5.66. The molecule has 1 rings (SSSR count). The van der Waals surface area contributed by atoms with Gasteiger partial charge in [-0.05, 0) is 37.6 Å². The molecule has 0 aliphatic heterocycles. The number of benzene rings is 1. The number of ether oxygens (including phenoxy) is 1. The van der Waals surface area contributed by atoms with E-state index < -0.39 is 0 Å². The van der Waals surface area contributed by atoms with Crippen LogP contribution >= 0.6 is 0 Å². The molecule has 0 aliphatic carbocycles. The summed E-state index contributed by atoms with van der Waals surface area (Å²) in [5, 5.41) is 3.43. The van der Waals surface area contributed by atoms with Crippen molar-refractivity contribution in [2.24, 2.45) is 0 Å². The average molecular weight is 247 g/mol. The highest BCUT2D eigenvalue weighted by Crippen LogP contribution is 2.22. The third-order valence-corrected chi connectivity index (χ3v) is 2.88. The van der Waals surface area contributed by atoms with Gasteiger partial charge >= 0.3 is 0 Å². The zero-order valence-electron chi connectivity index (χ0n) is 11.8. The summed E-state index contributed by atoms with van der Waals surface area (Å²) in [6, 6.07) is 8.54. The van der Waals surface area contributed by atoms with E-state index in [4.69, 9.17) is 4.74 Å². The molecule has 0 heterocycles. The van der Waals surface area contributed by atoms with Gasteiger partial charge in [0.05, 0.1) is 12.6 Å². The molecular weight excluding hydrogens is 222 g/mol. The number of hydrogen-bond acceptors (Lipinski definition) is 2. The second kappa shape index (κ2) is 7.93. The molecule has 18 heavy (non-hydrogen) atoms. The molecule has 0 aromatic heterocycles. The van der Waals surface area contributed by atoms with Gasteiger partial charge in [-0.2, -0.15) is 0 Å². The first kappa shape index (κ1) is 14.8. The second-order valence-electron chi connectivity index (χ2n) is 4.61. The Kier molecular flexibility index (Phi) is 6.51. The lowest BCUT2D eigenvalue weighted by atomic mass is 10.0. The van der Waals surface area contributed by atoms with Crippen molar-refractivity contribution in [3.63, 3.8) is 0 Å². The Morgan fingerprint density at radius 3 is 2.44 bits per heavy atom. The minimum absolute atomic E-state index is 0.236. The topological polar surface area (TPSA) is 21.3 Å². The minimum Gasteiger partial charge on any atom is -0.494 e. The van der Waals surface area contributed by atoms with Crippen molar-refractivity contribution in [3.05, 3.63) is 42.0 Å². The van der Waals surface area contributed by atoms with Gasteiger partial charge in [0.2, 0.25) is 0 Å². The van der Waals surface area contributed by atoms with E-state index >= 15 is 0 Å². The number of nitrogens with one attached hydrogen (secondary N) is 1. The fourth-order valence-corrected chi connectivity index (χ4v) is 1.87. The molecule has 1 unspecified atom stereocenters. The smallest absolute Gasteiger partial charge is 0.119 e. The lowest BCUT2D eigenvalue weighted by molar-refractivity contribution is 0.309. The van der Waals surface area contributed by atoms with Gasteiger partial charge in [-0.3, -0.25) is 0 Å². The zero-order valence-corrected chi connectivity index (χ0v) is 11.8. The summed E-state index contributed by atoms with van der Waals surface area (Å²) in [4.78, 5) is 0. The van der Waals surface area contributed by atoms with Gasteiger partial charge in [-0.1, -0.05) is 44.6 Å². The monoisotopic (exact) mass is 247 g/mol. The first-order valence-corrected chi connectivity index (χ1v) is 6.80. The first-order chi connectivity index (χ1) is 8.69. The van der Waals surface area contributed by atoms with Gasteiger partial charge in [-0.25, -0.2) is 0 Å². The zero-order chi connectivity index (χ0) is 13.4. The van der Waals surface area contributed by atoms with Crippen molar-refractivity contribution in [2.45, 2.75) is 39.7 Å². The predicted molar refractivity (Wildman–Crippen MR) is 78.1 cm³/mol. The molecule has 0 saturated heterocycles. The summed E-state index contributed by atoms with van der Waals surface area (Å²) >= 11 is 0. The van der Waals surface area contributed by atoms with E-state index in [9.17, 15) is 0 Å². The third kappa shape index (κ3) is 4.53. The van der Waals surface area contributed by atoms with E-state index in [1.54, 1.807) is 0 Å². The van der Waals surface area contributed by atoms with Gasteiger partial charge in [0, 0.05) is 0 Å². The highest BCUT2D eigenvalue weighted by atomic mass is 16.5. The van der Waals surface area contributed by atoms with E-state index in [0.29, 0.717) is 0 Å². The molecular formula is C16H25NO. The third-order valence-electron chi connectivity index (χ3n) is 2.88. The molecule has 100 valence electrons.